The molecule has 0 N–H and O–H groups in total. The average Bonchev–Trinajstić information content (AvgIpc) is 3.22. The van der Waals surface area contributed by atoms with Crippen LogP contribution in [0.15, 0.2) is 189 Å². The van der Waals surface area contributed by atoms with E-state index in [2.05, 4.69) is 121 Å². The third-order valence-electron chi connectivity index (χ3n) is 9.64. The van der Waals surface area contributed by atoms with Crippen LogP contribution in [0.1, 0.15) is 0 Å². The molecule has 0 spiro atoms. The summed E-state index contributed by atoms with van der Waals surface area (Å²) < 4.78 is 39.5. The Kier molecular flexibility index (Phi) is 8.51. The SMILES string of the molecule is c1cc(OP2Oc3ccc4ccccc4c3Sc3c(ccc4ccccc34)O2)cc(OP2Oc3ccc4ccccc4c3Sc3c(ccc4ccccc34)O2)c1. The van der Waals surface area contributed by atoms with Gasteiger partial charge in [-0.2, -0.15) is 0 Å². The Morgan fingerprint density at radius 1 is 0.321 bits per heavy atom. The van der Waals surface area contributed by atoms with E-state index in [1.165, 1.54) is 0 Å². The van der Waals surface area contributed by atoms with Gasteiger partial charge in [0.25, 0.3) is 0 Å². The maximum Gasteiger partial charge on any atom is 0.530 e. The molecule has 0 saturated carbocycles. The van der Waals surface area contributed by atoms with Crippen LogP contribution in [0, 0.1) is 0 Å². The van der Waals surface area contributed by atoms with Crippen LogP contribution >= 0.6 is 40.7 Å². The van der Waals surface area contributed by atoms with Crippen molar-refractivity contribution in [3.05, 3.63) is 170 Å². The molecule has 2 heterocycles. The third-order valence-corrected chi connectivity index (χ3v) is 14.2. The largest absolute Gasteiger partial charge is 0.530 e. The second kappa shape index (κ2) is 14.1. The second-order valence-corrected chi connectivity index (χ2v) is 17.2. The molecule has 2 aliphatic rings. The summed E-state index contributed by atoms with van der Waals surface area (Å²) in [6.07, 6.45) is 0. The van der Waals surface area contributed by atoms with E-state index in [0.29, 0.717) is 34.5 Å². The summed E-state index contributed by atoms with van der Waals surface area (Å²) in [5.74, 6) is 3.81. The smallest absolute Gasteiger partial charge is 0.408 e. The van der Waals surface area contributed by atoms with Crippen molar-refractivity contribution in [1.29, 1.82) is 0 Å². The lowest BCUT2D eigenvalue weighted by atomic mass is 10.1. The van der Waals surface area contributed by atoms with Gasteiger partial charge in [0, 0.05) is 6.07 Å². The van der Waals surface area contributed by atoms with Gasteiger partial charge in [-0.05, 0) is 79.5 Å². The maximum atomic E-state index is 6.60. The predicted molar refractivity (Wildman–Crippen MR) is 228 cm³/mol. The lowest BCUT2D eigenvalue weighted by molar-refractivity contribution is 0.374. The molecule has 0 aliphatic carbocycles. The molecule has 0 fully saturated rings. The topological polar surface area (TPSA) is 55.4 Å². The fourth-order valence-corrected chi connectivity index (χ4v) is 11.7. The summed E-state index contributed by atoms with van der Waals surface area (Å²) in [5, 5.41) is 8.93. The first-order valence-electron chi connectivity index (χ1n) is 17.9. The van der Waals surface area contributed by atoms with Gasteiger partial charge in [0.1, 0.15) is 34.5 Å². The highest BCUT2D eigenvalue weighted by atomic mass is 32.2. The van der Waals surface area contributed by atoms with Crippen molar-refractivity contribution < 1.29 is 27.1 Å². The van der Waals surface area contributed by atoms with E-state index >= 15 is 0 Å². The van der Waals surface area contributed by atoms with Gasteiger partial charge >= 0.3 is 17.2 Å². The lowest BCUT2D eigenvalue weighted by Gasteiger charge is -2.25. The molecule has 0 aromatic heterocycles. The summed E-state index contributed by atoms with van der Waals surface area (Å²) in [4.78, 5) is 4.05. The Morgan fingerprint density at radius 2 is 0.625 bits per heavy atom. The van der Waals surface area contributed by atoms with E-state index in [4.69, 9.17) is 27.1 Å². The molecule has 9 aromatic rings. The molecule has 11 rings (SSSR count). The van der Waals surface area contributed by atoms with Gasteiger partial charge in [0.2, 0.25) is 0 Å². The number of rotatable bonds is 4. The van der Waals surface area contributed by atoms with Gasteiger partial charge in [-0.1, -0.05) is 151 Å². The third kappa shape index (κ3) is 6.20. The lowest BCUT2D eigenvalue weighted by Crippen LogP contribution is -2.07. The normalized spacial score (nSPS) is 14.0. The van der Waals surface area contributed by atoms with Gasteiger partial charge in [-0.25, -0.2) is 0 Å². The minimum absolute atomic E-state index is 0.516. The first-order valence-corrected chi connectivity index (χ1v) is 21.7. The van der Waals surface area contributed by atoms with Crippen molar-refractivity contribution in [3.8, 4) is 34.5 Å². The zero-order valence-corrected chi connectivity index (χ0v) is 32.7. The molecule has 0 atom stereocenters. The average molecular weight is 803 g/mol. The Balaban J connectivity index is 0.943. The van der Waals surface area contributed by atoms with Gasteiger partial charge in [-0.3, -0.25) is 0 Å². The Morgan fingerprint density at radius 3 is 0.946 bits per heavy atom. The molecular formula is C46H28O6P2S2. The fourth-order valence-electron chi connectivity index (χ4n) is 7.00. The maximum absolute atomic E-state index is 6.60. The van der Waals surface area contributed by atoms with E-state index in [9.17, 15) is 0 Å². The summed E-state index contributed by atoms with van der Waals surface area (Å²) in [6, 6.07) is 57.1. The van der Waals surface area contributed by atoms with Crippen molar-refractivity contribution >= 4 is 83.8 Å². The van der Waals surface area contributed by atoms with Crippen LogP contribution in [-0.2, 0) is 0 Å². The van der Waals surface area contributed by atoms with Crippen LogP contribution in [0.3, 0.4) is 0 Å². The molecule has 56 heavy (non-hydrogen) atoms. The van der Waals surface area contributed by atoms with Gasteiger partial charge in [-0.15, -0.1) is 0 Å². The van der Waals surface area contributed by atoms with Crippen molar-refractivity contribution in [1.82, 2.24) is 0 Å². The van der Waals surface area contributed by atoms with Gasteiger partial charge < -0.3 is 27.1 Å². The standard InChI is InChI=1S/C46H28O6P2S2/c1-5-16-35-29(10-1)20-24-39-43(35)55-44-36-17-6-2-11-30(36)21-25-40(44)50-53(49-39)47-33-14-9-15-34(28-33)48-54-51-41-26-22-31-12-3-7-18-37(31)45(41)56-46-38-19-8-4-13-32(38)23-27-42(46)52-54/h1-28H. The highest BCUT2D eigenvalue weighted by molar-refractivity contribution is 8.00. The van der Waals surface area contributed by atoms with Crippen molar-refractivity contribution in [2.45, 2.75) is 19.6 Å². The summed E-state index contributed by atoms with van der Waals surface area (Å²) >= 11 is 3.32. The van der Waals surface area contributed by atoms with Crippen LogP contribution < -0.4 is 27.1 Å². The van der Waals surface area contributed by atoms with E-state index in [-0.39, 0.29) is 0 Å². The molecule has 0 amide bonds. The van der Waals surface area contributed by atoms with Crippen molar-refractivity contribution in [2.75, 3.05) is 0 Å². The monoisotopic (exact) mass is 802 g/mol. The number of hydrogen-bond donors (Lipinski definition) is 0. The van der Waals surface area contributed by atoms with Crippen LogP contribution in [0.5, 0.6) is 34.5 Å². The van der Waals surface area contributed by atoms with E-state index in [1.54, 1.807) is 23.5 Å². The first kappa shape index (κ1) is 33.7. The molecule has 0 radical (unpaired) electrons. The van der Waals surface area contributed by atoms with E-state index < -0.39 is 17.2 Å². The summed E-state index contributed by atoms with van der Waals surface area (Å²) in [6.45, 7) is 0. The molecule has 10 heteroatoms. The molecule has 2 aliphatic heterocycles. The second-order valence-electron chi connectivity index (χ2n) is 13.1. The zero-order chi connectivity index (χ0) is 37.0. The minimum atomic E-state index is -1.95. The zero-order valence-electron chi connectivity index (χ0n) is 29.3. The van der Waals surface area contributed by atoms with Crippen molar-refractivity contribution in [2.24, 2.45) is 0 Å². The van der Waals surface area contributed by atoms with Crippen LogP contribution in [-0.4, -0.2) is 0 Å². The van der Waals surface area contributed by atoms with Crippen LogP contribution in [0.4, 0.5) is 0 Å². The molecular weight excluding hydrogens is 775 g/mol. The summed E-state index contributed by atoms with van der Waals surface area (Å²) in [7, 11) is -3.90. The highest BCUT2D eigenvalue weighted by Crippen LogP contribution is 2.57. The van der Waals surface area contributed by atoms with Crippen molar-refractivity contribution in [3.63, 3.8) is 0 Å². The quantitative estimate of drug-likeness (QED) is 0.163. The Labute approximate surface area is 333 Å². The number of fused-ring (bicyclic) bond motifs is 12. The van der Waals surface area contributed by atoms with Crippen LogP contribution in [0.2, 0.25) is 0 Å². The fraction of sp³-hybridized carbons (Fsp3) is 0. The molecule has 0 bridgehead atoms. The minimum Gasteiger partial charge on any atom is -0.408 e. The molecule has 9 aromatic carbocycles. The first-order chi connectivity index (χ1) is 27.7. The Bertz CT molecular complexity index is 2620. The highest BCUT2D eigenvalue weighted by Gasteiger charge is 2.31. The number of hydrogen-bond acceptors (Lipinski definition) is 8. The molecule has 6 nitrogen and oxygen atoms in total. The van der Waals surface area contributed by atoms with Crippen LogP contribution in [0.25, 0.3) is 43.1 Å². The number of benzene rings is 9. The van der Waals surface area contributed by atoms with E-state index in [1.807, 2.05) is 48.5 Å². The van der Waals surface area contributed by atoms with Gasteiger partial charge in [0.15, 0.2) is 0 Å². The molecule has 0 saturated heterocycles. The molecule has 0 unspecified atom stereocenters. The Hall–Kier alpha value is -5.62. The van der Waals surface area contributed by atoms with Gasteiger partial charge in [0.05, 0.1) is 19.6 Å². The van der Waals surface area contributed by atoms with E-state index in [0.717, 1.165) is 62.7 Å². The molecule has 270 valence electrons. The summed E-state index contributed by atoms with van der Waals surface area (Å²) in [5.41, 5.74) is 0. The predicted octanol–water partition coefficient (Wildman–Crippen LogP) is 14.8.